The summed E-state index contributed by atoms with van der Waals surface area (Å²) >= 11 is 5.22. The van der Waals surface area contributed by atoms with E-state index in [9.17, 15) is 24.9 Å². The summed E-state index contributed by atoms with van der Waals surface area (Å²) in [5.41, 5.74) is 3.84. The van der Waals surface area contributed by atoms with Crippen LogP contribution in [0.4, 0.5) is 0 Å². The molecule has 5 N–H and O–H groups in total. The maximum atomic E-state index is 12.5. The molecule has 2 aromatic heterocycles. The molecule has 220 valence electrons. The van der Waals surface area contributed by atoms with E-state index in [1.165, 1.54) is 10.4 Å². The Kier molecular flexibility index (Phi) is 11.4. The number of amides is 1. The fourth-order valence-electron chi connectivity index (χ4n) is 5.29. The minimum atomic E-state index is -0.700. The lowest BCUT2D eigenvalue weighted by molar-refractivity contribution is -0.121. The summed E-state index contributed by atoms with van der Waals surface area (Å²) < 4.78 is 1.12. The largest absolute Gasteiger partial charge is 0.508 e. The van der Waals surface area contributed by atoms with E-state index in [0.29, 0.717) is 50.6 Å². The lowest BCUT2D eigenvalue weighted by Gasteiger charge is -2.14. The third-order valence-electron chi connectivity index (χ3n) is 7.62. The summed E-state index contributed by atoms with van der Waals surface area (Å²) in [7, 11) is 0. The normalized spacial score (nSPS) is 19.1. The van der Waals surface area contributed by atoms with Gasteiger partial charge in [-0.2, -0.15) is 0 Å². The molecule has 0 aliphatic heterocycles. The second kappa shape index (κ2) is 15.0. The molecule has 2 heterocycles. The molecule has 0 radical (unpaired) electrons. The van der Waals surface area contributed by atoms with Crippen LogP contribution >= 0.6 is 27.3 Å². The van der Waals surface area contributed by atoms with E-state index >= 15 is 0 Å². The molecule has 3 atom stereocenters. The van der Waals surface area contributed by atoms with Crippen molar-refractivity contribution in [2.75, 3.05) is 6.54 Å². The van der Waals surface area contributed by atoms with Crippen LogP contribution in [0.15, 0.2) is 58.0 Å². The number of thiophene rings is 1. The zero-order valence-corrected chi connectivity index (χ0v) is 25.8. The number of aromatic hydroxyl groups is 1. The molecule has 7 nitrogen and oxygen atoms in total. The van der Waals surface area contributed by atoms with Gasteiger partial charge in [0.15, 0.2) is 5.78 Å². The van der Waals surface area contributed by atoms with Gasteiger partial charge in [-0.15, -0.1) is 11.3 Å². The number of carbonyl (C=O) groups is 2. The van der Waals surface area contributed by atoms with E-state index in [2.05, 4.69) is 39.2 Å². The number of aliphatic hydroxyl groups excluding tert-OH is 2. The van der Waals surface area contributed by atoms with Crippen molar-refractivity contribution in [2.24, 2.45) is 5.92 Å². The van der Waals surface area contributed by atoms with Gasteiger partial charge in [-0.1, -0.05) is 18.2 Å². The predicted octanol–water partition coefficient (Wildman–Crippen LogP) is 6.04. The Morgan fingerprint density at radius 2 is 2.10 bits per heavy atom. The van der Waals surface area contributed by atoms with Crippen LogP contribution in [-0.4, -0.2) is 50.7 Å². The van der Waals surface area contributed by atoms with Gasteiger partial charge in [0.25, 0.3) is 0 Å². The first-order valence-electron chi connectivity index (χ1n) is 14.3. The van der Waals surface area contributed by atoms with Crippen LogP contribution in [-0.2, 0) is 22.4 Å². The Hall–Kier alpha value is -2.72. The van der Waals surface area contributed by atoms with E-state index in [-0.39, 0.29) is 29.8 Å². The van der Waals surface area contributed by atoms with Crippen molar-refractivity contribution in [3.63, 3.8) is 0 Å². The van der Waals surface area contributed by atoms with Gasteiger partial charge in [0.2, 0.25) is 5.91 Å². The lowest BCUT2D eigenvalue weighted by atomic mass is 9.94. The van der Waals surface area contributed by atoms with Crippen molar-refractivity contribution in [3.05, 3.63) is 74.1 Å². The number of fused-ring (bicyclic) bond motifs is 1. The third kappa shape index (κ3) is 8.88. The molecule has 4 rings (SSSR count). The molecule has 0 spiro atoms. The summed E-state index contributed by atoms with van der Waals surface area (Å²) in [5.74, 6) is -0.0677. The molecule has 1 aromatic carbocycles. The van der Waals surface area contributed by atoms with Gasteiger partial charge in [-0.3, -0.25) is 9.59 Å². The van der Waals surface area contributed by atoms with Gasteiger partial charge >= 0.3 is 0 Å². The molecule has 1 aliphatic carbocycles. The highest BCUT2D eigenvalue weighted by molar-refractivity contribution is 9.11. The number of nitrogens with one attached hydrogen (secondary N) is 2. The minimum absolute atomic E-state index is 0.00326. The highest BCUT2D eigenvalue weighted by Crippen LogP contribution is 2.33. The topological polar surface area (TPSA) is 123 Å². The number of Topliss-reactive ketones (excluding diaryl/α,β-unsaturated/α-hetero) is 1. The second-order valence-electron chi connectivity index (χ2n) is 10.8. The molecular formula is C32H39BrN2O5S. The number of phenols is 1. The van der Waals surface area contributed by atoms with Crippen molar-refractivity contribution in [1.29, 1.82) is 0 Å². The van der Waals surface area contributed by atoms with Crippen molar-refractivity contribution in [2.45, 2.75) is 76.9 Å². The number of H-pyrrole nitrogens is 1. The summed E-state index contributed by atoms with van der Waals surface area (Å²) in [5, 5.41) is 34.6. The Morgan fingerprint density at radius 1 is 1.27 bits per heavy atom. The molecule has 1 aliphatic rings. The number of aromatic nitrogens is 1. The Morgan fingerprint density at radius 3 is 2.88 bits per heavy atom. The number of unbranched alkanes of at least 4 members (excludes halogenated alkanes) is 1. The summed E-state index contributed by atoms with van der Waals surface area (Å²) in [4.78, 5) is 29.1. The van der Waals surface area contributed by atoms with Gasteiger partial charge in [-0.25, -0.2) is 0 Å². The molecule has 0 unspecified atom stereocenters. The van der Waals surface area contributed by atoms with E-state index in [1.54, 1.807) is 23.5 Å². The van der Waals surface area contributed by atoms with Crippen LogP contribution in [0, 0.1) is 12.8 Å². The lowest BCUT2D eigenvalue weighted by Crippen LogP contribution is -2.25. The molecule has 3 aromatic rings. The van der Waals surface area contributed by atoms with E-state index < -0.39 is 12.2 Å². The Bertz CT molecular complexity index is 1390. The van der Waals surface area contributed by atoms with Crippen LogP contribution < -0.4 is 5.32 Å². The Balaban J connectivity index is 1.14. The molecule has 1 saturated carbocycles. The first-order valence-corrected chi connectivity index (χ1v) is 15.9. The van der Waals surface area contributed by atoms with E-state index in [0.717, 1.165) is 33.1 Å². The maximum Gasteiger partial charge on any atom is 0.220 e. The predicted molar refractivity (Wildman–Crippen MR) is 167 cm³/mol. The number of aromatic amines is 1. The fourth-order valence-corrected chi connectivity index (χ4v) is 6.93. The first-order chi connectivity index (χ1) is 19.7. The number of carbonyl (C=O) groups excluding carboxylic acids is 2. The quantitative estimate of drug-likeness (QED) is 0.0833. The maximum absolute atomic E-state index is 12.5. The zero-order valence-electron chi connectivity index (χ0n) is 23.4. The number of aryl methyl sites for hydroxylation is 2. The van der Waals surface area contributed by atoms with Crippen molar-refractivity contribution >= 4 is 49.9 Å². The Labute approximate surface area is 253 Å². The van der Waals surface area contributed by atoms with Crippen LogP contribution in [0.2, 0.25) is 0 Å². The zero-order chi connectivity index (χ0) is 29.4. The number of rotatable bonds is 14. The number of ketones is 1. The molecule has 41 heavy (non-hydrogen) atoms. The van der Waals surface area contributed by atoms with Gasteiger partial charge in [0, 0.05) is 47.3 Å². The first kappa shape index (κ1) is 31.2. The van der Waals surface area contributed by atoms with Crippen LogP contribution in [0.3, 0.4) is 0 Å². The molecular weight excluding hydrogens is 604 g/mol. The second-order valence-corrected chi connectivity index (χ2v) is 13.3. The number of halogens is 1. The number of phenolic OH excluding ortho intramolecular Hbond substituents is 1. The molecule has 1 fully saturated rings. The van der Waals surface area contributed by atoms with Crippen molar-refractivity contribution < 1.29 is 24.9 Å². The molecule has 9 heteroatoms. The van der Waals surface area contributed by atoms with Crippen molar-refractivity contribution in [1.82, 2.24) is 10.3 Å². The third-order valence-corrected chi connectivity index (χ3v) is 9.82. The number of allylic oxidation sites excluding steroid dienone is 2. The molecule has 0 bridgehead atoms. The van der Waals surface area contributed by atoms with Crippen LogP contribution in [0.1, 0.15) is 60.9 Å². The summed E-state index contributed by atoms with van der Waals surface area (Å²) in [6.45, 7) is 2.58. The number of aliphatic hydroxyl groups is 2. The van der Waals surface area contributed by atoms with Gasteiger partial charge in [-0.05, 0) is 109 Å². The van der Waals surface area contributed by atoms with E-state index in [4.69, 9.17) is 0 Å². The van der Waals surface area contributed by atoms with Crippen LogP contribution in [0.5, 0.6) is 5.75 Å². The average molecular weight is 644 g/mol. The van der Waals surface area contributed by atoms with Gasteiger partial charge in [0.05, 0.1) is 16.0 Å². The average Bonchev–Trinajstić information content (AvgIpc) is 3.57. The highest BCUT2D eigenvalue weighted by Gasteiger charge is 2.35. The van der Waals surface area contributed by atoms with Crippen molar-refractivity contribution in [3.8, 4) is 5.75 Å². The van der Waals surface area contributed by atoms with Crippen LogP contribution in [0.25, 0.3) is 10.9 Å². The number of hydrogen-bond donors (Lipinski definition) is 5. The summed E-state index contributed by atoms with van der Waals surface area (Å²) in [6, 6.07) is 7.34. The van der Waals surface area contributed by atoms with Gasteiger partial charge in [0.1, 0.15) is 5.75 Å². The minimum Gasteiger partial charge on any atom is -0.508 e. The number of benzene rings is 1. The van der Waals surface area contributed by atoms with E-state index in [1.807, 2.05) is 30.5 Å². The number of hydrogen-bond acceptors (Lipinski definition) is 6. The highest BCUT2D eigenvalue weighted by atomic mass is 79.9. The fraction of sp³-hybridized carbons (Fsp3) is 0.438. The SMILES string of the molecule is Cc1cc(CC[C@H](O)C/C=C2/C(=O)C[C@H](O)[C@@H]2CC=CCCCC(=O)NCCc2c[nH]c3ccc(O)cc23)sc1Br. The summed E-state index contributed by atoms with van der Waals surface area (Å²) in [6.07, 6.45) is 11.5. The monoisotopic (exact) mass is 642 g/mol. The standard InChI is InChI=1S/C32H39BrN2O5S/c1-20-16-24(41-32(20)33)11-8-22(36)9-12-26-25(29(38)18-30(26)39)6-4-2-3-5-7-31(40)34-15-14-21-19-35-28-13-10-23(37)17-27(21)28/h2,4,10,12-13,16-17,19,22,25,29,35-38H,3,5-9,11,14-15,18H2,1H3,(H,34,40)/b4-2?,26-12+/t22-,25+,29-/m0/s1. The molecule has 1 amide bonds. The van der Waals surface area contributed by atoms with Gasteiger partial charge < -0.3 is 25.6 Å². The molecule has 0 saturated heterocycles. The smallest absolute Gasteiger partial charge is 0.220 e.